The van der Waals surface area contributed by atoms with E-state index in [1.165, 1.54) is 4.68 Å². The molecule has 138 valence electrons. The van der Waals surface area contributed by atoms with Gasteiger partial charge in [0.2, 0.25) is 0 Å². The SMILES string of the molecule is CNC(=O)c1cccc(NC(=O)c2nn(C(C)C)c(=O)c3ccccc23)c1. The lowest BCUT2D eigenvalue weighted by Gasteiger charge is -2.13. The molecular formula is C20H20N4O3. The van der Waals surface area contributed by atoms with Gasteiger partial charge in [-0.1, -0.05) is 24.3 Å². The van der Waals surface area contributed by atoms with Crippen molar-refractivity contribution in [1.82, 2.24) is 15.1 Å². The largest absolute Gasteiger partial charge is 0.355 e. The minimum Gasteiger partial charge on any atom is -0.355 e. The summed E-state index contributed by atoms with van der Waals surface area (Å²) in [5, 5.41) is 10.5. The third kappa shape index (κ3) is 3.57. The van der Waals surface area contributed by atoms with Crippen molar-refractivity contribution in [3.63, 3.8) is 0 Å². The van der Waals surface area contributed by atoms with Crippen LogP contribution in [0.15, 0.2) is 53.3 Å². The third-order valence-corrected chi connectivity index (χ3v) is 4.14. The maximum Gasteiger partial charge on any atom is 0.276 e. The summed E-state index contributed by atoms with van der Waals surface area (Å²) in [7, 11) is 1.54. The number of nitrogens with zero attached hydrogens (tertiary/aromatic N) is 2. The first-order valence-electron chi connectivity index (χ1n) is 8.57. The number of hydrogen-bond donors (Lipinski definition) is 2. The fraction of sp³-hybridized carbons (Fsp3) is 0.200. The monoisotopic (exact) mass is 364 g/mol. The molecule has 0 spiro atoms. The number of rotatable bonds is 4. The molecule has 0 atom stereocenters. The number of benzene rings is 2. The van der Waals surface area contributed by atoms with Crippen molar-refractivity contribution in [1.29, 1.82) is 0 Å². The van der Waals surface area contributed by atoms with Crippen LogP contribution in [0.2, 0.25) is 0 Å². The molecule has 2 aromatic carbocycles. The fourth-order valence-corrected chi connectivity index (χ4v) is 2.80. The van der Waals surface area contributed by atoms with Crippen molar-refractivity contribution in [2.45, 2.75) is 19.9 Å². The molecular weight excluding hydrogens is 344 g/mol. The molecule has 2 amide bonds. The van der Waals surface area contributed by atoms with E-state index in [4.69, 9.17) is 0 Å². The van der Waals surface area contributed by atoms with Crippen LogP contribution in [0, 0.1) is 0 Å². The highest BCUT2D eigenvalue weighted by Crippen LogP contribution is 2.17. The lowest BCUT2D eigenvalue weighted by molar-refractivity contribution is 0.0961. The molecule has 7 heteroatoms. The van der Waals surface area contributed by atoms with Gasteiger partial charge >= 0.3 is 0 Å². The first-order valence-corrected chi connectivity index (χ1v) is 8.57. The molecule has 0 fully saturated rings. The average molecular weight is 364 g/mol. The van der Waals surface area contributed by atoms with Crippen LogP contribution in [0.5, 0.6) is 0 Å². The third-order valence-electron chi connectivity index (χ3n) is 4.14. The van der Waals surface area contributed by atoms with Crippen LogP contribution >= 0.6 is 0 Å². The van der Waals surface area contributed by atoms with Gasteiger partial charge in [0.25, 0.3) is 17.4 Å². The predicted octanol–water partition coefficient (Wildman–Crippen LogP) is 2.59. The number of hydrogen-bond acceptors (Lipinski definition) is 4. The van der Waals surface area contributed by atoms with Crippen molar-refractivity contribution in [2.75, 3.05) is 12.4 Å². The van der Waals surface area contributed by atoms with Crippen molar-refractivity contribution < 1.29 is 9.59 Å². The van der Waals surface area contributed by atoms with Crippen LogP contribution in [0.4, 0.5) is 5.69 Å². The first kappa shape index (κ1) is 18.3. The molecule has 0 saturated carbocycles. The molecule has 7 nitrogen and oxygen atoms in total. The highest BCUT2D eigenvalue weighted by molar-refractivity contribution is 6.11. The number of nitrogens with one attached hydrogen (secondary N) is 2. The fourth-order valence-electron chi connectivity index (χ4n) is 2.80. The zero-order valence-electron chi connectivity index (χ0n) is 15.3. The summed E-state index contributed by atoms with van der Waals surface area (Å²) >= 11 is 0. The standard InChI is InChI=1S/C20H20N4O3/c1-12(2)24-20(27)16-10-5-4-9-15(16)17(23-24)19(26)22-14-8-6-7-13(11-14)18(25)21-3/h4-12H,1-3H3,(H,21,25)(H,22,26). The molecule has 2 N–H and O–H groups in total. The zero-order chi connectivity index (χ0) is 19.6. The van der Waals surface area contributed by atoms with Crippen LogP contribution in [-0.4, -0.2) is 28.6 Å². The Balaban J connectivity index is 2.05. The van der Waals surface area contributed by atoms with Crippen molar-refractivity contribution >= 4 is 28.3 Å². The molecule has 27 heavy (non-hydrogen) atoms. The molecule has 0 aliphatic rings. The summed E-state index contributed by atoms with van der Waals surface area (Å²) < 4.78 is 1.30. The van der Waals surface area contributed by atoms with Gasteiger partial charge in [0.1, 0.15) is 0 Å². The van der Waals surface area contributed by atoms with E-state index in [2.05, 4.69) is 15.7 Å². The second kappa shape index (κ2) is 7.41. The van der Waals surface area contributed by atoms with E-state index < -0.39 is 5.91 Å². The minimum absolute atomic E-state index is 0.157. The quantitative estimate of drug-likeness (QED) is 0.744. The Morgan fingerprint density at radius 2 is 1.70 bits per heavy atom. The van der Waals surface area contributed by atoms with Crippen LogP contribution in [-0.2, 0) is 0 Å². The molecule has 3 rings (SSSR count). The Hall–Kier alpha value is -3.48. The second-order valence-corrected chi connectivity index (χ2v) is 6.35. The zero-order valence-corrected chi connectivity index (χ0v) is 15.3. The molecule has 0 unspecified atom stereocenters. The van der Waals surface area contributed by atoms with E-state index in [0.717, 1.165) is 0 Å². The summed E-state index contributed by atoms with van der Waals surface area (Å²) in [4.78, 5) is 37.2. The molecule has 0 radical (unpaired) electrons. The number of anilines is 1. The van der Waals surface area contributed by atoms with E-state index in [-0.39, 0.29) is 23.2 Å². The first-order chi connectivity index (χ1) is 12.9. The Labute approximate surface area is 156 Å². The van der Waals surface area contributed by atoms with Gasteiger partial charge < -0.3 is 10.6 Å². The lowest BCUT2D eigenvalue weighted by Crippen LogP contribution is -2.29. The Morgan fingerprint density at radius 3 is 2.37 bits per heavy atom. The summed E-state index contributed by atoms with van der Waals surface area (Å²) in [6.07, 6.45) is 0. The van der Waals surface area contributed by atoms with Crippen LogP contribution in [0.3, 0.4) is 0 Å². The summed E-state index contributed by atoms with van der Waals surface area (Å²) in [6.45, 7) is 3.66. The van der Waals surface area contributed by atoms with Gasteiger partial charge in [-0.2, -0.15) is 5.10 Å². The van der Waals surface area contributed by atoms with Crippen molar-refractivity contribution in [2.24, 2.45) is 0 Å². The molecule has 0 saturated heterocycles. The Bertz CT molecular complexity index is 1090. The van der Waals surface area contributed by atoms with Gasteiger partial charge in [0, 0.05) is 23.7 Å². The van der Waals surface area contributed by atoms with E-state index in [1.807, 2.05) is 13.8 Å². The normalized spacial score (nSPS) is 10.8. The maximum absolute atomic E-state index is 12.9. The van der Waals surface area contributed by atoms with Crippen molar-refractivity contribution in [3.8, 4) is 0 Å². The number of aromatic nitrogens is 2. The average Bonchev–Trinajstić information content (AvgIpc) is 2.67. The van der Waals surface area contributed by atoms with E-state index in [0.29, 0.717) is 22.0 Å². The number of fused-ring (bicyclic) bond motifs is 1. The summed E-state index contributed by atoms with van der Waals surface area (Å²) in [5.74, 6) is -0.697. The van der Waals surface area contributed by atoms with Gasteiger partial charge in [0.15, 0.2) is 5.69 Å². The van der Waals surface area contributed by atoms with Gasteiger partial charge in [-0.25, -0.2) is 4.68 Å². The highest BCUT2D eigenvalue weighted by Gasteiger charge is 2.18. The van der Waals surface area contributed by atoms with E-state index >= 15 is 0 Å². The summed E-state index contributed by atoms with van der Waals surface area (Å²) in [5.41, 5.74) is 0.817. The number of amides is 2. The van der Waals surface area contributed by atoms with E-state index in [9.17, 15) is 14.4 Å². The highest BCUT2D eigenvalue weighted by atomic mass is 16.2. The van der Waals surface area contributed by atoms with Gasteiger partial charge in [-0.15, -0.1) is 0 Å². The van der Waals surface area contributed by atoms with E-state index in [1.54, 1.807) is 55.6 Å². The molecule has 0 aliphatic carbocycles. The molecule has 1 heterocycles. The second-order valence-electron chi connectivity index (χ2n) is 6.35. The van der Waals surface area contributed by atoms with Gasteiger partial charge in [0.05, 0.1) is 11.4 Å². The molecule has 0 bridgehead atoms. The van der Waals surface area contributed by atoms with Crippen molar-refractivity contribution in [3.05, 3.63) is 70.1 Å². The summed E-state index contributed by atoms with van der Waals surface area (Å²) in [6, 6.07) is 13.3. The van der Waals surface area contributed by atoms with Gasteiger partial charge in [-0.05, 0) is 38.1 Å². The maximum atomic E-state index is 12.9. The topological polar surface area (TPSA) is 93.1 Å². The van der Waals surface area contributed by atoms with Gasteiger partial charge in [-0.3, -0.25) is 14.4 Å². The molecule has 3 aromatic rings. The van der Waals surface area contributed by atoms with Crippen LogP contribution in [0.1, 0.15) is 40.7 Å². The number of carbonyl (C=O) groups is 2. The Morgan fingerprint density at radius 1 is 1.00 bits per heavy atom. The number of carbonyl (C=O) groups excluding carboxylic acids is 2. The minimum atomic E-state index is -0.449. The predicted molar refractivity (Wildman–Crippen MR) is 104 cm³/mol. The van der Waals surface area contributed by atoms with Crippen LogP contribution in [0.25, 0.3) is 10.8 Å². The Kier molecular flexibility index (Phi) is 5.03. The smallest absolute Gasteiger partial charge is 0.276 e. The lowest BCUT2D eigenvalue weighted by atomic mass is 10.1. The molecule has 0 aliphatic heterocycles. The molecule has 1 aromatic heterocycles. The van der Waals surface area contributed by atoms with Crippen LogP contribution < -0.4 is 16.2 Å².